The number of benzene rings is 9. The highest BCUT2D eigenvalue weighted by Gasteiger charge is 2.42. The van der Waals surface area contributed by atoms with Crippen molar-refractivity contribution in [3.05, 3.63) is 223 Å². The first-order chi connectivity index (χ1) is 30.1. The van der Waals surface area contributed by atoms with Crippen LogP contribution in [0.1, 0.15) is 20.7 Å². The van der Waals surface area contributed by atoms with E-state index in [0.717, 1.165) is 71.9 Å². The second-order valence-corrected chi connectivity index (χ2v) is 15.6. The van der Waals surface area contributed by atoms with Crippen molar-refractivity contribution >= 4 is 61.1 Å². The minimum atomic E-state index is -0.359. The number of rotatable bonds is 6. The van der Waals surface area contributed by atoms with Crippen LogP contribution in [0.2, 0.25) is 0 Å². The molecule has 0 N–H and O–H groups in total. The van der Waals surface area contributed by atoms with Crippen molar-refractivity contribution in [2.75, 3.05) is 4.90 Å². The smallest absolute Gasteiger partial charge is 0.268 e. The van der Waals surface area contributed by atoms with Gasteiger partial charge in [-0.1, -0.05) is 158 Å². The molecule has 12 rings (SSSR count). The Kier molecular flexibility index (Phi) is 7.77. The molecule has 0 fully saturated rings. The molecule has 61 heavy (non-hydrogen) atoms. The van der Waals surface area contributed by atoms with E-state index in [1.54, 1.807) is 6.07 Å². The molecule has 0 atom stereocenters. The molecule has 0 spiro atoms. The van der Waals surface area contributed by atoms with E-state index >= 15 is 9.59 Å². The summed E-state index contributed by atoms with van der Waals surface area (Å²) >= 11 is 0. The molecule has 11 aromatic rings. The van der Waals surface area contributed by atoms with E-state index in [0.29, 0.717) is 22.5 Å². The van der Waals surface area contributed by atoms with Gasteiger partial charge in [0.25, 0.3) is 11.8 Å². The number of amides is 2. The van der Waals surface area contributed by atoms with Crippen LogP contribution >= 0.6 is 0 Å². The fourth-order valence-electron chi connectivity index (χ4n) is 9.56. The first-order valence-electron chi connectivity index (χ1n) is 20.5. The Balaban J connectivity index is 1.10. The predicted molar refractivity (Wildman–Crippen MR) is 249 cm³/mol. The SMILES string of the molecule is O=C1c2cccc(-n3c4ccccc4c4ccc(-n5c6ccccc6c6ccccc65)cc43)c2C(=O)N1c1c(-c2ccccc2)cc(-c2ccccc2)cc1-c1ccccc1. The Hall–Kier alpha value is -8.28. The standard InChI is InChI=1S/C56H35N3O2/c60-55-45-26-16-30-51(58-50-29-15-12-25-43(50)44-32-31-40(35-52(44)58)57-48-27-13-10-23-41(48)42-24-11-14-28-49(42)57)53(45)56(61)59(55)54-46(37-19-6-2-7-20-37)33-39(36-17-4-1-5-18-36)34-47(54)38-21-8-3-9-22-38/h1-35H. The largest absolute Gasteiger partial charge is 0.309 e. The molecule has 0 unspecified atom stereocenters. The van der Waals surface area contributed by atoms with E-state index in [-0.39, 0.29) is 11.8 Å². The normalized spacial score (nSPS) is 12.6. The van der Waals surface area contributed by atoms with Crippen LogP contribution in [0, 0.1) is 0 Å². The number of imide groups is 1. The highest BCUT2D eigenvalue weighted by molar-refractivity contribution is 6.37. The zero-order valence-electron chi connectivity index (χ0n) is 32.9. The summed E-state index contributed by atoms with van der Waals surface area (Å²) in [6, 6.07) is 72.1. The fraction of sp³-hybridized carbons (Fsp3) is 0. The van der Waals surface area contributed by atoms with Gasteiger partial charge < -0.3 is 9.13 Å². The number of hydrogen-bond donors (Lipinski definition) is 0. The minimum absolute atomic E-state index is 0.351. The molecule has 5 heteroatoms. The summed E-state index contributed by atoms with van der Waals surface area (Å²) in [4.78, 5) is 32.1. The van der Waals surface area contributed by atoms with Gasteiger partial charge >= 0.3 is 0 Å². The number of nitrogens with zero attached hydrogens (tertiary/aromatic N) is 3. The van der Waals surface area contributed by atoms with Crippen molar-refractivity contribution in [3.8, 4) is 44.8 Å². The van der Waals surface area contributed by atoms with E-state index < -0.39 is 0 Å². The molecule has 0 bridgehead atoms. The molecule has 0 aliphatic carbocycles. The molecule has 2 aromatic heterocycles. The van der Waals surface area contributed by atoms with Crippen LogP contribution in [0.5, 0.6) is 0 Å². The van der Waals surface area contributed by atoms with Crippen molar-refractivity contribution in [1.29, 1.82) is 0 Å². The van der Waals surface area contributed by atoms with Gasteiger partial charge in [-0.15, -0.1) is 0 Å². The molecular weight excluding hydrogens is 747 g/mol. The van der Waals surface area contributed by atoms with Crippen LogP contribution in [-0.2, 0) is 0 Å². The minimum Gasteiger partial charge on any atom is -0.309 e. The Morgan fingerprint density at radius 2 is 0.787 bits per heavy atom. The van der Waals surface area contributed by atoms with Crippen molar-refractivity contribution in [2.24, 2.45) is 0 Å². The van der Waals surface area contributed by atoms with E-state index in [1.807, 2.05) is 103 Å². The molecule has 0 saturated heterocycles. The van der Waals surface area contributed by atoms with Gasteiger partial charge in [0.1, 0.15) is 0 Å². The molecule has 286 valence electrons. The Morgan fingerprint density at radius 3 is 1.34 bits per heavy atom. The number of anilines is 1. The summed E-state index contributed by atoms with van der Waals surface area (Å²) in [5.41, 5.74) is 12.5. The highest BCUT2D eigenvalue weighted by Crippen LogP contribution is 2.47. The van der Waals surface area contributed by atoms with Gasteiger partial charge in [-0.25, -0.2) is 4.90 Å². The third-order valence-electron chi connectivity index (χ3n) is 12.2. The quantitative estimate of drug-likeness (QED) is 0.158. The van der Waals surface area contributed by atoms with Crippen molar-refractivity contribution in [3.63, 3.8) is 0 Å². The number of carbonyl (C=O) groups is 2. The molecule has 1 aliphatic rings. The second kappa shape index (κ2) is 13.7. The van der Waals surface area contributed by atoms with Gasteiger partial charge in [-0.3, -0.25) is 9.59 Å². The second-order valence-electron chi connectivity index (χ2n) is 15.6. The zero-order valence-corrected chi connectivity index (χ0v) is 32.9. The van der Waals surface area contributed by atoms with Gasteiger partial charge in [-0.05, 0) is 76.9 Å². The molecule has 5 nitrogen and oxygen atoms in total. The Labute approximate surface area is 351 Å². The maximum Gasteiger partial charge on any atom is 0.268 e. The lowest BCUT2D eigenvalue weighted by molar-refractivity contribution is 0.0926. The van der Waals surface area contributed by atoms with E-state index in [2.05, 4.69) is 112 Å². The molecule has 0 saturated carbocycles. The van der Waals surface area contributed by atoms with Crippen molar-refractivity contribution in [1.82, 2.24) is 9.13 Å². The molecule has 1 aliphatic heterocycles. The number of hydrogen-bond acceptors (Lipinski definition) is 2. The lowest BCUT2D eigenvalue weighted by atomic mass is 9.90. The molecule has 2 amide bonds. The first-order valence-corrected chi connectivity index (χ1v) is 20.5. The van der Waals surface area contributed by atoms with Crippen LogP contribution < -0.4 is 4.90 Å². The Bertz CT molecular complexity index is 3450. The van der Waals surface area contributed by atoms with Gasteiger partial charge in [0, 0.05) is 38.4 Å². The Morgan fingerprint density at radius 1 is 0.311 bits per heavy atom. The van der Waals surface area contributed by atoms with Gasteiger partial charge in [0.2, 0.25) is 0 Å². The highest BCUT2D eigenvalue weighted by atomic mass is 16.2. The third kappa shape index (κ3) is 5.27. The monoisotopic (exact) mass is 781 g/mol. The summed E-state index contributed by atoms with van der Waals surface area (Å²) < 4.78 is 4.48. The summed E-state index contributed by atoms with van der Waals surface area (Å²) in [5.74, 6) is -0.711. The number of para-hydroxylation sites is 3. The van der Waals surface area contributed by atoms with Gasteiger partial charge in [-0.2, -0.15) is 0 Å². The van der Waals surface area contributed by atoms with Crippen molar-refractivity contribution in [2.45, 2.75) is 0 Å². The molecule has 0 radical (unpaired) electrons. The average molecular weight is 782 g/mol. The maximum atomic E-state index is 15.6. The maximum absolute atomic E-state index is 15.6. The van der Waals surface area contributed by atoms with Crippen LogP contribution in [0.25, 0.3) is 88.4 Å². The first kappa shape index (κ1) is 34.7. The van der Waals surface area contributed by atoms with Crippen molar-refractivity contribution < 1.29 is 9.59 Å². The molecular formula is C56H35N3O2. The summed E-state index contributed by atoms with van der Waals surface area (Å²) in [7, 11) is 0. The van der Waals surface area contributed by atoms with E-state index in [1.165, 1.54) is 15.7 Å². The fourth-order valence-corrected chi connectivity index (χ4v) is 9.56. The summed E-state index contributed by atoms with van der Waals surface area (Å²) in [6.07, 6.45) is 0. The lowest BCUT2D eigenvalue weighted by Gasteiger charge is -2.24. The average Bonchev–Trinajstić information content (AvgIpc) is 3.93. The number of carbonyl (C=O) groups excluding carboxylic acids is 2. The number of aromatic nitrogens is 2. The topological polar surface area (TPSA) is 47.2 Å². The molecule has 9 aromatic carbocycles. The van der Waals surface area contributed by atoms with E-state index in [4.69, 9.17) is 0 Å². The van der Waals surface area contributed by atoms with Crippen LogP contribution in [0.4, 0.5) is 5.69 Å². The van der Waals surface area contributed by atoms with Crippen LogP contribution in [0.3, 0.4) is 0 Å². The summed E-state index contributed by atoms with van der Waals surface area (Å²) in [5, 5.41) is 4.49. The zero-order chi connectivity index (χ0) is 40.6. The predicted octanol–water partition coefficient (Wildman–Crippen LogP) is 13.7. The van der Waals surface area contributed by atoms with Gasteiger partial charge in [0.05, 0.1) is 44.6 Å². The number of fused-ring (bicyclic) bond motifs is 7. The van der Waals surface area contributed by atoms with Crippen LogP contribution in [-0.4, -0.2) is 20.9 Å². The van der Waals surface area contributed by atoms with Gasteiger partial charge in [0.15, 0.2) is 0 Å². The van der Waals surface area contributed by atoms with E-state index in [9.17, 15) is 0 Å². The van der Waals surface area contributed by atoms with Crippen LogP contribution in [0.15, 0.2) is 212 Å². The summed E-state index contributed by atoms with van der Waals surface area (Å²) in [6.45, 7) is 0. The lowest BCUT2D eigenvalue weighted by Crippen LogP contribution is -2.30. The molecule has 3 heterocycles. The third-order valence-corrected chi connectivity index (χ3v) is 12.2.